The minimum absolute atomic E-state index is 0.00741. The molecule has 246 valence electrons. The van der Waals surface area contributed by atoms with Gasteiger partial charge in [-0.3, -0.25) is 19.1 Å². The quantitative estimate of drug-likeness (QED) is 0.228. The van der Waals surface area contributed by atoms with Crippen LogP contribution in [0, 0.1) is 5.92 Å². The maximum atomic E-state index is 12.7. The monoisotopic (exact) mass is 655 g/mol. The molecule has 14 nitrogen and oxygen atoms in total. The van der Waals surface area contributed by atoms with E-state index >= 15 is 0 Å². The fourth-order valence-electron chi connectivity index (χ4n) is 6.29. The number of hydrogen-bond donors (Lipinski definition) is 3. The third kappa shape index (κ3) is 5.90. The lowest BCUT2D eigenvalue weighted by Crippen LogP contribution is -2.60. The molecule has 3 amide bonds. The third-order valence-electron chi connectivity index (χ3n) is 9.21. The van der Waals surface area contributed by atoms with Crippen LogP contribution in [0.5, 0.6) is 0 Å². The highest BCUT2D eigenvalue weighted by Crippen LogP contribution is 2.45. The second kappa shape index (κ2) is 12.3. The zero-order valence-electron chi connectivity index (χ0n) is 27.8. The minimum Gasteiger partial charge on any atom is -0.366 e. The number of likely N-dealkylation sites (tertiary alicyclic amines) is 1. The molecule has 2 aliphatic heterocycles. The molecule has 2 fully saturated rings. The van der Waals surface area contributed by atoms with E-state index in [2.05, 4.69) is 36.0 Å². The van der Waals surface area contributed by atoms with Crippen LogP contribution in [-0.4, -0.2) is 109 Å². The van der Waals surface area contributed by atoms with Gasteiger partial charge in [0.25, 0.3) is 11.8 Å². The van der Waals surface area contributed by atoms with Crippen LogP contribution in [0.2, 0.25) is 0 Å². The number of carbonyl (C=O) groups is 3. The van der Waals surface area contributed by atoms with E-state index in [1.807, 2.05) is 41.0 Å². The Labute approximate surface area is 286 Å². The molecule has 16 heteroatoms. The summed E-state index contributed by atoms with van der Waals surface area (Å²) in [5, 5.41) is 20.5. The van der Waals surface area contributed by atoms with Crippen LogP contribution >= 0.6 is 0 Å². The molecule has 0 atom stereocenters. The van der Waals surface area contributed by atoms with Gasteiger partial charge in [0.1, 0.15) is 5.69 Å². The molecule has 0 spiro atoms. The van der Waals surface area contributed by atoms with Crippen LogP contribution in [0.4, 0.5) is 22.9 Å². The molecule has 3 aromatic heterocycles. The van der Waals surface area contributed by atoms with E-state index < -0.39 is 11.2 Å². The van der Waals surface area contributed by atoms with E-state index in [-0.39, 0.29) is 41.0 Å². The van der Waals surface area contributed by atoms with Gasteiger partial charge in [-0.15, -0.1) is 10.2 Å². The average molecular weight is 655 g/mol. The number of hydrogen-bond acceptors (Lipinski definition) is 10. The van der Waals surface area contributed by atoms with Crippen LogP contribution < -0.4 is 20.9 Å². The van der Waals surface area contributed by atoms with Crippen molar-refractivity contribution in [2.75, 3.05) is 56.8 Å². The summed E-state index contributed by atoms with van der Waals surface area (Å²) in [5.41, 5.74) is 5.91. The Balaban J connectivity index is 1.13. The highest BCUT2D eigenvalue weighted by atomic mass is 16.2. The Hall–Kier alpha value is -5.24. The smallest absolute Gasteiger partial charge is 0.273 e. The van der Waals surface area contributed by atoms with Gasteiger partial charge in [-0.2, -0.15) is 5.10 Å². The highest BCUT2D eigenvalue weighted by Gasteiger charge is 2.41. The molecule has 1 saturated heterocycles. The maximum Gasteiger partial charge on any atom is 0.273 e. The molecular weight excluding hydrogens is 620 g/mol. The van der Waals surface area contributed by atoms with Gasteiger partial charge in [-0.1, -0.05) is 18.2 Å². The van der Waals surface area contributed by atoms with Crippen LogP contribution in [0.3, 0.4) is 0 Å². The number of para-hydroxylation sites is 1. The highest BCUT2D eigenvalue weighted by molar-refractivity contribution is 6.39. The fourth-order valence-corrected chi connectivity index (χ4v) is 6.29. The molecule has 4 aromatic rings. The van der Waals surface area contributed by atoms with E-state index in [1.54, 1.807) is 38.4 Å². The average Bonchev–Trinajstić information content (AvgIpc) is 3.84. The molecule has 1 aliphatic carbocycles. The summed E-state index contributed by atoms with van der Waals surface area (Å²) < 4.78 is 2.03. The van der Waals surface area contributed by atoms with E-state index in [9.17, 15) is 14.4 Å². The van der Waals surface area contributed by atoms with Gasteiger partial charge in [0.05, 0.1) is 57.2 Å². The van der Waals surface area contributed by atoms with Crippen LogP contribution in [0.1, 0.15) is 51.2 Å². The molecule has 49 heavy (non-hydrogen) atoms. The number of amides is 3. The van der Waals surface area contributed by atoms with Crippen molar-refractivity contribution in [3.8, 4) is 11.1 Å². The number of aromatic nitrogens is 5. The second-order valence-electron chi connectivity index (χ2n) is 13.0. The standard InChI is InChI=1S/C33H35B2N11O3/c1-36-31(48)28-24(13-27(41-42-28)40-30(47)18-11-12-18)38-22-8-5-7-20-21-14-37-46(25(21)17-44(4)29(20)22)19-15-45(16-19)33(34,35)26-10-6-9-23(39-26)32(49)43(2)3/h5-10,13-14,18-19H,11-12,15-17H2,1-4H3,(H,36,48)(H2,38,40,41,47). The number of nitrogens with zero attached hydrogens (tertiary/aromatic N) is 8. The number of pyridine rings is 1. The molecule has 3 aliphatic rings. The van der Waals surface area contributed by atoms with Gasteiger partial charge in [0.15, 0.2) is 11.5 Å². The minimum atomic E-state index is -1.37. The summed E-state index contributed by atoms with van der Waals surface area (Å²) in [4.78, 5) is 47.6. The normalized spacial score (nSPS) is 15.9. The molecule has 3 N–H and O–H groups in total. The molecule has 1 aromatic carbocycles. The van der Waals surface area contributed by atoms with Gasteiger partial charge in [-0.25, -0.2) is 4.98 Å². The Morgan fingerprint density at radius 3 is 2.47 bits per heavy atom. The van der Waals surface area contributed by atoms with Crippen molar-refractivity contribution < 1.29 is 14.4 Å². The summed E-state index contributed by atoms with van der Waals surface area (Å²) in [5.74, 6) is -0.470. The molecule has 1 saturated carbocycles. The molecule has 5 heterocycles. The first-order valence-corrected chi connectivity index (χ1v) is 16.1. The van der Waals surface area contributed by atoms with Gasteiger partial charge < -0.3 is 30.7 Å². The van der Waals surface area contributed by atoms with Crippen LogP contribution in [0.15, 0.2) is 48.7 Å². The van der Waals surface area contributed by atoms with Crippen LogP contribution in [0.25, 0.3) is 11.1 Å². The Kier molecular flexibility index (Phi) is 8.13. The molecule has 0 unspecified atom stereocenters. The van der Waals surface area contributed by atoms with E-state index in [1.165, 1.54) is 11.9 Å². The van der Waals surface area contributed by atoms with Crippen molar-refractivity contribution in [2.45, 2.75) is 30.8 Å². The van der Waals surface area contributed by atoms with Gasteiger partial charge in [0, 0.05) is 70.1 Å². The Morgan fingerprint density at radius 2 is 1.76 bits per heavy atom. The van der Waals surface area contributed by atoms with Crippen molar-refractivity contribution in [3.63, 3.8) is 0 Å². The second-order valence-corrected chi connectivity index (χ2v) is 13.0. The SMILES string of the molecule is [B]C([B])(c1cccc(C(=O)N(C)C)n1)N1CC(n2ncc3c2CN(C)c2c(Nc4cc(NC(=O)C5CC5)nnc4C(=O)NC)cccc2-3)C1. The molecule has 4 radical (unpaired) electrons. The molecule has 0 bridgehead atoms. The van der Waals surface area contributed by atoms with Crippen LogP contribution in [-0.2, 0) is 16.7 Å². The zero-order chi connectivity index (χ0) is 34.6. The number of benzene rings is 1. The van der Waals surface area contributed by atoms with Crippen molar-refractivity contribution in [3.05, 3.63) is 71.4 Å². The first kappa shape index (κ1) is 32.3. The predicted octanol–water partition coefficient (Wildman–Crippen LogP) is 1.84. The Morgan fingerprint density at radius 1 is 1.00 bits per heavy atom. The van der Waals surface area contributed by atoms with Crippen molar-refractivity contribution in [1.29, 1.82) is 0 Å². The number of carbonyl (C=O) groups excluding carboxylic acids is 3. The van der Waals surface area contributed by atoms with Gasteiger partial charge >= 0.3 is 0 Å². The molecule has 7 rings (SSSR count). The number of rotatable bonds is 9. The Bertz CT molecular complexity index is 1970. The zero-order valence-corrected chi connectivity index (χ0v) is 27.8. The fraction of sp³-hybridized carbons (Fsp3) is 0.364. The summed E-state index contributed by atoms with van der Waals surface area (Å²) in [6, 6.07) is 12.7. The largest absolute Gasteiger partial charge is 0.366 e. The van der Waals surface area contributed by atoms with Crippen molar-refractivity contribution in [1.82, 2.24) is 40.1 Å². The van der Waals surface area contributed by atoms with E-state index in [0.717, 1.165) is 41.0 Å². The summed E-state index contributed by atoms with van der Waals surface area (Å²) in [6.07, 6.45) is 3.58. The van der Waals surface area contributed by atoms with Gasteiger partial charge in [0.2, 0.25) is 5.91 Å². The van der Waals surface area contributed by atoms with Gasteiger partial charge in [-0.05, 0) is 36.4 Å². The summed E-state index contributed by atoms with van der Waals surface area (Å²) >= 11 is 0. The topological polar surface area (TPSA) is 154 Å². The van der Waals surface area contributed by atoms with E-state index in [0.29, 0.717) is 31.0 Å². The first-order chi connectivity index (χ1) is 23.5. The first-order valence-electron chi connectivity index (χ1n) is 16.1. The molecular formula is C33H35B2N11O3. The lowest BCUT2D eigenvalue weighted by atomic mass is 9.57. The number of nitrogens with one attached hydrogen (secondary N) is 3. The van der Waals surface area contributed by atoms with E-state index in [4.69, 9.17) is 20.8 Å². The number of fused-ring (bicyclic) bond motifs is 3. The van der Waals surface area contributed by atoms with Crippen molar-refractivity contribution >= 4 is 56.3 Å². The maximum absolute atomic E-state index is 12.7. The summed E-state index contributed by atoms with van der Waals surface area (Å²) in [7, 11) is 20.1. The summed E-state index contributed by atoms with van der Waals surface area (Å²) in [6.45, 7) is 1.66. The third-order valence-corrected chi connectivity index (χ3v) is 9.21. The predicted molar refractivity (Wildman–Crippen MR) is 186 cm³/mol. The lowest BCUT2D eigenvalue weighted by molar-refractivity contribution is -0.117. The number of anilines is 4. The lowest BCUT2D eigenvalue weighted by Gasteiger charge is -2.50. The van der Waals surface area contributed by atoms with Crippen molar-refractivity contribution in [2.24, 2.45) is 5.92 Å².